The summed E-state index contributed by atoms with van der Waals surface area (Å²) in [5.74, 6) is 0.833. The Bertz CT molecular complexity index is 14.4. The van der Waals surface area contributed by atoms with E-state index in [1.165, 1.54) is 0 Å². The fourth-order valence-electron chi connectivity index (χ4n) is 0. The number of hydrogen-bond acceptors (Lipinski definition) is 0. The minimum absolute atomic E-state index is 0. The summed E-state index contributed by atoms with van der Waals surface area (Å²) >= 11 is 0. The Labute approximate surface area is 54.2 Å². The lowest BCUT2D eigenvalue weighted by atomic mass is 10.3. The van der Waals surface area contributed by atoms with Crippen molar-refractivity contribution < 1.29 is 9.41 Å². The van der Waals surface area contributed by atoms with Gasteiger partial charge >= 0.3 is 0 Å². The second-order valence-corrected chi connectivity index (χ2v) is 1.73. The molecule has 3 heteroatoms. The molecular formula is C4H15AlF2. The Hall–Kier alpha value is 0.392. The normalized spacial score (nSPS) is 5.14. The van der Waals surface area contributed by atoms with Gasteiger partial charge in [0.2, 0.25) is 0 Å². The molecule has 0 saturated heterocycles. The minimum Gasteiger partial charge on any atom is -0.269 e. The first-order valence-corrected chi connectivity index (χ1v) is 1.73. The van der Waals surface area contributed by atoms with Gasteiger partial charge in [0, 0.05) is 0 Å². The van der Waals surface area contributed by atoms with Crippen molar-refractivity contribution in [3.8, 4) is 0 Å². The molecule has 7 heavy (non-hydrogen) atoms. The van der Waals surface area contributed by atoms with Gasteiger partial charge < -0.3 is 0 Å². The van der Waals surface area contributed by atoms with Crippen molar-refractivity contribution in [1.82, 2.24) is 0 Å². The van der Waals surface area contributed by atoms with E-state index in [2.05, 4.69) is 20.8 Å². The Kier molecular flexibility index (Phi) is 60.6. The molecule has 48 valence electrons. The van der Waals surface area contributed by atoms with Crippen molar-refractivity contribution in [3.63, 3.8) is 0 Å². The molecule has 0 aromatic heterocycles. The van der Waals surface area contributed by atoms with Crippen LogP contribution >= 0.6 is 0 Å². The molecule has 0 aromatic rings. The van der Waals surface area contributed by atoms with Gasteiger partial charge in [-0.1, -0.05) is 20.8 Å². The van der Waals surface area contributed by atoms with E-state index >= 15 is 0 Å². The first-order chi connectivity index (χ1) is 1.73. The smallest absolute Gasteiger partial charge is 0.187 e. The molecule has 0 aliphatic carbocycles. The molecule has 0 nitrogen and oxygen atoms in total. The summed E-state index contributed by atoms with van der Waals surface area (Å²) in [5.41, 5.74) is 0. The van der Waals surface area contributed by atoms with Crippen LogP contribution in [0.5, 0.6) is 0 Å². The van der Waals surface area contributed by atoms with Crippen LogP contribution in [0.2, 0.25) is 0 Å². The molecule has 0 spiro atoms. The summed E-state index contributed by atoms with van der Waals surface area (Å²) < 4.78 is 0. The Balaban J connectivity index is -0.0000000150. The summed E-state index contributed by atoms with van der Waals surface area (Å²) in [4.78, 5) is 0. The molecule has 0 aromatic carbocycles. The lowest BCUT2D eigenvalue weighted by Crippen LogP contribution is -1.66. The minimum atomic E-state index is 0. The number of rotatable bonds is 0. The van der Waals surface area contributed by atoms with E-state index < -0.39 is 0 Å². The van der Waals surface area contributed by atoms with E-state index in [9.17, 15) is 0 Å². The van der Waals surface area contributed by atoms with Crippen LogP contribution in [-0.4, -0.2) is 17.4 Å². The first-order valence-electron chi connectivity index (χ1n) is 1.73. The van der Waals surface area contributed by atoms with E-state index in [-0.39, 0.29) is 26.8 Å². The van der Waals surface area contributed by atoms with E-state index in [1.807, 2.05) is 0 Å². The van der Waals surface area contributed by atoms with Crippen LogP contribution in [0, 0.1) is 5.92 Å². The van der Waals surface area contributed by atoms with Crippen LogP contribution < -0.4 is 0 Å². The van der Waals surface area contributed by atoms with Crippen LogP contribution in [0.3, 0.4) is 0 Å². The van der Waals surface area contributed by atoms with Gasteiger partial charge in [-0.3, -0.25) is 9.41 Å². The van der Waals surface area contributed by atoms with Crippen molar-refractivity contribution in [2.75, 3.05) is 0 Å². The third kappa shape index (κ3) is 801. The number of halogens is 2. The Morgan fingerprint density at radius 3 is 0.857 bits per heavy atom. The molecule has 0 N–H and O–H groups in total. The van der Waals surface area contributed by atoms with Crippen LogP contribution in [0.15, 0.2) is 0 Å². The monoisotopic (exact) mass is 128 g/mol. The van der Waals surface area contributed by atoms with Gasteiger partial charge in [-0.2, -0.15) is 0 Å². The highest BCUT2D eigenvalue weighted by molar-refractivity contribution is 5.75. The van der Waals surface area contributed by atoms with Crippen LogP contribution in [0.1, 0.15) is 20.8 Å². The Morgan fingerprint density at radius 1 is 0.857 bits per heavy atom. The second kappa shape index (κ2) is 16.2. The summed E-state index contributed by atoms with van der Waals surface area (Å²) in [6.07, 6.45) is 0. The van der Waals surface area contributed by atoms with Crippen molar-refractivity contribution in [2.24, 2.45) is 5.92 Å². The molecule has 0 fully saturated rings. The largest absolute Gasteiger partial charge is 0.269 e. The lowest BCUT2D eigenvalue weighted by molar-refractivity contribution is 0.737. The van der Waals surface area contributed by atoms with Gasteiger partial charge in [-0.25, -0.2) is 0 Å². The third-order valence-electron chi connectivity index (χ3n) is 0. The maximum absolute atomic E-state index is 2.17. The number of hydrogen-bond donors (Lipinski definition) is 0. The average molecular weight is 128 g/mol. The fourth-order valence-corrected chi connectivity index (χ4v) is 0. The second-order valence-electron chi connectivity index (χ2n) is 1.73. The molecule has 0 amide bonds. The van der Waals surface area contributed by atoms with Crippen molar-refractivity contribution in [2.45, 2.75) is 20.8 Å². The van der Waals surface area contributed by atoms with Gasteiger partial charge in [-0.15, -0.1) is 0 Å². The summed E-state index contributed by atoms with van der Waals surface area (Å²) in [6, 6.07) is 0. The quantitative estimate of drug-likeness (QED) is 0.423. The molecular weight excluding hydrogens is 113 g/mol. The fraction of sp³-hybridized carbons (Fsp3) is 1.00. The molecule has 0 atom stereocenters. The lowest BCUT2D eigenvalue weighted by Gasteiger charge is -1.79. The standard InChI is InChI=1S/C4H10.Al.2FH.3H/c1-4(2)3;;;;;;/h4H,1-3H3;;2*1H;;;. The zero-order chi connectivity index (χ0) is 3.58. The summed E-state index contributed by atoms with van der Waals surface area (Å²) in [6.45, 7) is 6.50. The van der Waals surface area contributed by atoms with Gasteiger partial charge in [0.25, 0.3) is 0 Å². The summed E-state index contributed by atoms with van der Waals surface area (Å²) in [7, 11) is 0. The molecule has 0 aliphatic rings. The zero-order valence-electron chi connectivity index (χ0n) is 4.39. The van der Waals surface area contributed by atoms with Gasteiger partial charge in [-0.05, 0) is 5.92 Å². The third-order valence-corrected chi connectivity index (χ3v) is 0. The molecule has 0 heterocycles. The predicted molar refractivity (Wildman–Crippen MR) is 35.5 cm³/mol. The van der Waals surface area contributed by atoms with Crippen LogP contribution in [-0.2, 0) is 0 Å². The molecule has 0 aliphatic heterocycles. The van der Waals surface area contributed by atoms with Gasteiger partial charge in [0.1, 0.15) is 0 Å². The maximum atomic E-state index is 2.17. The molecule has 0 rings (SSSR count). The summed E-state index contributed by atoms with van der Waals surface area (Å²) in [5, 5.41) is 0. The molecule has 0 saturated carbocycles. The molecule has 0 bridgehead atoms. The van der Waals surface area contributed by atoms with E-state index in [0.717, 1.165) is 5.92 Å². The van der Waals surface area contributed by atoms with Crippen LogP contribution in [0.4, 0.5) is 9.41 Å². The van der Waals surface area contributed by atoms with Gasteiger partial charge in [0.15, 0.2) is 17.4 Å². The topological polar surface area (TPSA) is 0 Å². The van der Waals surface area contributed by atoms with Crippen LogP contribution in [0.25, 0.3) is 0 Å². The Morgan fingerprint density at radius 2 is 0.857 bits per heavy atom. The molecule has 0 unspecified atom stereocenters. The van der Waals surface area contributed by atoms with Crippen molar-refractivity contribution in [3.05, 3.63) is 0 Å². The van der Waals surface area contributed by atoms with Gasteiger partial charge in [0.05, 0.1) is 0 Å². The van der Waals surface area contributed by atoms with Crippen molar-refractivity contribution >= 4 is 17.4 Å². The van der Waals surface area contributed by atoms with E-state index in [4.69, 9.17) is 0 Å². The highest BCUT2D eigenvalue weighted by Gasteiger charge is 1.68. The SMILES string of the molecule is CC(C)C.F.F.[AlH3]. The van der Waals surface area contributed by atoms with E-state index in [0.29, 0.717) is 0 Å². The van der Waals surface area contributed by atoms with Crippen molar-refractivity contribution in [1.29, 1.82) is 0 Å². The highest BCUT2D eigenvalue weighted by Crippen LogP contribution is 1.81. The molecule has 0 radical (unpaired) electrons. The van der Waals surface area contributed by atoms with E-state index in [1.54, 1.807) is 0 Å². The predicted octanol–water partition coefficient (Wildman–Crippen LogP) is 0.783. The maximum Gasteiger partial charge on any atom is 0.187 e. The first kappa shape index (κ1) is 26.2. The highest BCUT2D eigenvalue weighted by atomic mass is 27.0. The zero-order valence-corrected chi connectivity index (χ0v) is 4.39. The average Bonchev–Trinajstić information content (AvgIpc) is 0.811.